The number of rotatable bonds is 5. The highest BCUT2D eigenvalue weighted by atomic mass is 16.5. The van der Waals surface area contributed by atoms with Crippen LogP contribution in [-0.4, -0.2) is 61.8 Å². The van der Waals surface area contributed by atoms with E-state index in [1.165, 1.54) is 12.8 Å². The number of carbonyl (C=O) groups excluding carboxylic acids is 1. The fourth-order valence-electron chi connectivity index (χ4n) is 4.71. The highest BCUT2D eigenvalue weighted by molar-refractivity contribution is 5.94. The van der Waals surface area contributed by atoms with Crippen LogP contribution in [-0.2, 0) is 4.74 Å². The smallest absolute Gasteiger partial charge is 0.255 e. The van der Waals surface area contributed by atoms with Crippen LogP contribution in [0.1, 0.15) is 47.5 Å². The number of ether oxygens (including phenoxy) is 2. The number of hydrogen-bond acceptors (Lipinski definition) is 5. The number of carbonyl (C=O) groups is 1. The predicted molar refractivity (Wildman–Crippen MR) is 101 cm³/mol. The molecule has 0 unspecified atom stereocenters. The van der Waals surface area contributed by atoms with E-state index in [1.54, 1.807) is 6.20 Å². The molecule has 4 heterocycles. The Bertz CT molecular complexity index is 688. The maximum atomic E-state index is 13.0. The fraction of sp³-hybridized carbons (Fsp3) is 0.714. The van der Waals surface area contributed by atoms with Crippen molar-refractivity contribution < 1.29 is 14.3 Å². The lowest BCUT2D eigenvalue weighted by molar-refractivity contribution is 0.0488. The van der Waals surface area contributed by atoms with E-state index in [1.807, 2.05) is 4.90 Å². The van der Waals surface area contributed by atoms with E-state index in [-0.39, 0.29) is 5.91 Å². The second-order valence-corrected chi connectivity index (χ2v) is 8.65. The lowest BCUT2D eigenvalue weighted by atomic mass is 10.0. The van der Waals surface area contributed by atoms with Crippen LogP contribution in [0, 0.1) is 17.8 Å². The van der Waals surface area contributed by atoms with Crippen LogP contribution in [0.3, 0.4) is 0 Å². The molecule has 0 spiro atoms. The molecule has 0 radical (unpaired) electrons. The van der Waals surface area contributed by atoms with Crippen molar-refractivity contribution in [2.24, 2.45) is 17.8 Å². The van der Waals surface area contributed by atoms with Crippen LogP contribution in [0.15, 0.2) is 12.3 Å². The molecule has 3 aliphatic heterocycles. The van der Waals surface area contributed by atoms with Crippen molar-refractivity contribution in [1.29, 1.82) is 0 Å². The molecule has 5 rings (SSSR count). The number of fused-ring (bicyclic) bond motifs is 1. The van der Waals surface area contributed by atoms with Gasteiger partial charge in [-0.3, -0.25) is 4.79 Å². The molecule has 1 aromatic rings. The Hall–Kier alpha value is -1.66. The quantitative estimate of drug-likeness (QED) is 0.858. The molecule has 1 saturated carbocycles. The van der Waals surface area contributed by atoms with E-state index in [0.717, 1.165) is 69.2 Å². The molecule has 0 bridgehead atoms. The number of aromatic nitrogens is 1. The second-order valence-electron chi connectivity index (χ2n) is 8.65. The molecule has 1 aromatic heterocycles. The van der Waals surface area contributed by atoms with Gasteiger partial charge in [0.2, 0.25) is 5.88 Å². The van der Waals surface area contributed by atoms with E-state index in [2.05, 4.69) is 16.4 Å². The average molecular weight is 371 g/mol. The van der Waals surface area contributed by atoms with Crippen molar-refractivity contribution in [3.05, 3.63) is 23.4 Å². The second kappa shape index (κ2) is 7.40. The molecule has 3 saturated heterocycles. The van der Waals surface area contributed by atoms with E-state index in [9.17, 15) is 4.79 Å². The van der Waals surface area contributed by atoms with Crippen LogP contribution in [0.2, 0.25) is 0 Å². The van der Waals surface area contributed by atoms with Gasteiger partial charge in [-0.25, -0.2) is 4.98 Å². The van der Waals surface area contributed by atoms with Gasteiger partial charge in [0, 0.05) is 51.2 Å². The third-order valence-electron chi connectivity index (χ3n) is 6.62. The predicted octanol–water partition coefficient (Wildman–Crippen LogP) is 2.06. The summed E-state index contributed by atoms with van der Waals surface area (Å²) in [4.78, 5) is 19.6. The van der Waals surface area contributed by atoms with E-state index >= 15 is 0 Å². The molecular weight excluding hydrogens is 342 g/mol. The first-order valence-corrected chi connectivity index (χ1v) is 10.5. The number of pyridine rings is 1. The zero-order valence-corrected chi connectivity index (χ0v) is 15.9. The van der Waals surface area contributed by atoms with E-state index < -0.39 is 0 Å². The third kappa shape index (κ3) is 3.69. The molecule has 4 aliphatic rings. The lowest BCUT2D eigenvalue weighted by Gasteiger charge is -2.23. The van der Waals surface area contributed by atoms with Crippen LogP contribution in [0.25, 0.3) is 0 Å². The average Bonchev–Trinajstić information content (AvgIpc) is 3.33. The minimum absolute atomic E-state index is 0.134. The minimum Gasteiger partial charge on any atom is -0.477 e. The summed E-state index contributed by atoms with van der Waals surface area (Å²) in [7, 11) is 0. The van der Waals surface area contributed by atoms with Gasteiger partial charge in [-0.15, -0.1) is 0 Å². The van der Waals surface area contributed by atoms with Gasteiger partial charge in [-0.1, -0.05) is 0 Å². The van der Waals surface area contributed by atoms with Crippen molar-refractivity contribution in [3.63, 3.8) is 0 Å². The standard InChI is InChI=1S/C21H29N3O3/c25-21(24-11-17-8-22-9-18(17)12-24)16-7-19(15-1-2-15)20(23-10-16)27-13-14-3-5-26-6-4-14/h7,10,14-15,17-18,22H,1-6,8-9,11-13H2/t17-,18-/m1/s1. The maximum Gasteiger partial charge on any atom is 0.255 e. The fourth-order valence-corrected chi connectivity index (χ4v) is 4.71. The van der Waals surface area contributed by atoms with Gasteiger partial charge in [0.1, 0.15) is 0 Å². The largest absolute Gasteiger partial charge is 0.477 e. The van der Waals surface area contributed by atoms with Crippen molar-refractivity contribution in [2.45, 2.75) is 31.6 Å². The zero-order valence-electron chi connectivity index (χ0n) is 15.9. The molecule has 6 heteroatoms. The van der Waals surface area contributed by atoms with Gasteiger partial charge in [-0.05, 0) is 55.4 Å². The van der Waals surface area contributed by atoms with Crippen LogP contribution in [0.4, 0.5) is 0 Å². The van der Waals surface area contributed by atoms with Crippen molar-refractivity contribution in [3.8, 4) is 5.88 Å². The highest BCUT2D eigenvalue weighted by Crippen LogP contribution is 2.44. The first-order chi connectivity index (χ1) is 13.3. The molecule has 6 nitrogen and oxygen atoms in total. The topological polar surface area (TPSA) is 63.7 Å². The van der Waals surface area contributed by atoms with Gasteiger partial charge in [0.15, 0.2) is 0 Å². The van der Waals surface area contributed by atoms with E-state index in [0.29, 0.717) is 30.3 Å². The summed E-state index contributed by atoms with van der Waals surface area (Å²) in [6.07, 6.45) is 6.18. The summed E-state index contributed by atoms with van der Waals surface area (Å²) in [5.41, 5.74) is 1.86. The third-order valence-corrected chi connectivity index (χ3v) is 6.62. The van der Waals surface area contributed by atoms with Crippen LogP contribution < -0.4 is 10.1 Å². The summed E-state index contributed by atoms with van der Waals surface area (Å²) in [5.74, 6) is 3.17. The highest BCUT2D eigenvalue weighted by Gasteiger charge is 2.38. The Kier molecular flexibility index (Phi) is 4.78. The SMILES string of the molecule is O=C(c1cnc(OCC2CCOCC2)c(C2CC2)c1)N1C[C@H]2CNC[C@@H]2C1. The van der Waals surface area contributed by atoms with Crippen molar-refractivity contribution in [1.82, 2.24) is 15.2 Å². The van der Waals surface area contributed by atoms with Gasteiger partial charge in [0.05, 0.1) is 12.2 Å². The Morgan fingerprint density at radius 1 is 1.19 bits per heavy atom. The zero-order chi connectivity index (χ0) is 18.2. The summed E-state index contributed by atoms with van der Waals surface area (Å²) < 4.78 is 11.5. The Morgan fingerprint density at radius 3 is 2.63 bits per heavy atom. The van der Waals surface area contributed by atoms with Gasteiger partial charge in [-0.2, -0.15) is 0 Å². The number of nitrogens with zero attached hydrogens (tertiary/aromatic N) is 2. The molecule has 4 fully saturated rings. The summed E-state index contributed by atoms with van der Waals surface area (Å²) >= 11 is 0. The minimum atomic E-state index is 0.134. The number of hydrogen-bond donors (Lipinski definition) is 1. The molecule has 0 aromatic carbocycles. The maximum absolute atomic E-state index is 13.0. The Labute approximate surface area is 160 Å². The van der Waals surface area contributed by atoms with Gasteiger partial charge in [0.25, 0.3) is 5.91 Å². The van der Waals surface area contributed by atoms with Crippen molar-refractivity contribution in [2.75, 3.05) is 46.0 Å². The molecule has 146 valence electrons. The van der Waals surface area contributed by atoms with Crippen LogP contribution >= 0.6 is 0 Å². The molecular formula is C21H29N3O3. The molecule has 1 amide bonds. The summed E-state index contributed by atoms with van der Waals surface area (Å²) in [5, 5.41) is 3.43. The summed E-state index contributed by atoms with van der Waals surface area (Å²) in [6, 6.07) is 2.05. The number of likely N-dealkylation sites (tertiary alicyclic amines) is 1. The normalized spacial score (nSPS) is 28.4. The molecule has 2 atom stereocenters. The van der Waals surface area contributed by atoms with Gasteiger partial charge < -0.3 is 19.7 Å². The van der Waals surface area contributed by atoms with Crippen LogP contribution in [0.5, 0.6) is 5.88 Å². The number of amides is 1. The first kappa shape index (κ1) is 17.4. The molecule has 27 heavy (non-hydrogen) atoms. The molecule has 1 N–H and O–H groups in total. The number of nitrogens with one attached hydrogen (secondary N) is 1. The lowest BCUT2D eigenvalue weighted by Crippen LogP contribution is -2.32. The Morgan fingerprint density at radius 2 is 1.93 bits per heavy atom. The first-order valence-electron chi connectivity index (χ1n) is 10.5. The monoisotopic (exact) mass is 371 g/mol. The van der Waals surface area contributed by atoms with E-state index in [4.69, 9.17) is 9.47 Å². The van der Waals surface area contributed by atoms with Crippen molar-refractivity contribution >= 4 is 5.91 Å². The summed E-state index contributed by atoms with van der Waals surface area (Å²) in [6.45, 7) is 6.19. The Balaban J connectivity index is 1.28. The molecule has 1 aliphatic carbocycles. The van der Waals surface area contributed by atoms with Gasteiger partial charge >= 0.3 is 0 Å².